The van der Waals surface area contributed by atoms with E-state index in [2.05, 4.69) is 33.2 Å². The van der Waals surface area contributed by atoms with Gasteiger partial charge in [0.1, 0.15) is 0 Å². The lowest BCUT2D eigenvalue weighted by molar-refractivity contribution is -0.117. The third-order valence-corrected chi connectivity index (χ3v) is 3.14. The summed E-state index contributed by atoms with van der Waals surface area (Å²) < 4.78 is 1.13. The number of nitrogens with one attached hydrogen (secondary N) is 2. The Morgan fingerprint density at radius 3 is 2.94 bits per heavy atom. The highest BCUT2D eigenvalue weighted by atomic mass is 127. The van der Waals surface area contributed by atoms with Gasteiger partial charge in [-0.2, -0.15) is 0 Å². The van der Waals surface area contributed by atoms with Crippen LogP contribution in [0.3, 0.4) is 0 Å². The molecule has 1 aliphatic rings. The van der Waals surface area contributed by atoms with E-state index in [1.807, 2.05) is 24.3 Å². The molecule has 1 atom stereocenters. The van der Waals surface area contributed by atoms with Crippen LogP contribution < -0.4 is 10.6 Å². The van der Waals surface area contributed by atoms with Gasteiger partial charge in [-0.25, -0.2) is 0 Å². The first-order valence-electron chi connectivity index (χ1n) is 5.05. The Morgan fingerprint density at radius 1 is 1.50 bits per heavy atom. The second kappa shape index (κ2) is 6.42. The summed E-state index contributed by atoms with van der Waals surface area (Å²) >= 11 is 2.23. The van der Waals surface area contributed by atoms with Gasteiger partial charge in [-0.1, -0.05) is 6.07 Å². The fraction of sp³-hybridized carbons (Fsp3) is 0.364. The minimum absolute atomic E-state index is 0. The van der Waals surface area contributed by atoms with Gasteiger partial charge in [-0.3, -0.25) is 4.79 Å². The van der Waals surface area contributed by atoms with Crippen LogP contribution in [-0.2, 0) is 4.79 Å². The van der Waals surface area contributed by atoms with Crippen molar-refractivity contribution in [1.29, 1.82) is 0 Å². The van der Waals surface area contributed by atoms with E-state index in [9.17, 15) is 4.79 Å². The van der Waals surface area contributed by atoms with Crippen molar-refractivity contribution >= 4 is 46.6 Å². The van der Waals surface area contributed by atoms with Gasteiger partial charge in [0.25, 0.3) is 0 Å². The number of hydrogen-bond donors (Lipinski definition) is 2. The number of benzene rings is 1. The Hall–Kier alpha value is -0.330. The first-order valence-corrected chi connectivity index (χ1v) is 6.13. The molecule has 0 aliphatic carbocycles. The molecule has 0 aromatic heterocycles. The van der Waals surface area contributed by atoms with Gasteiger partial charge in [-0.05, 0) is 60.2 Å². The Balaban J connectivity index is 0.00000128. The van der Waals surface area contributed by atoms with Crippen LogP contribution >= 0.6 is 35.0 Å². The van der Waals surface area contributed by atoms with Gasteiger partial charge in [0.2, 0.25) is 5.91 Å². The average Bonchev–Trinajstić information content (AvgIpc) is 2.70. The smallest absolute Gasteiger partial charge is 0.241 e. The topological polar surface area (TPSA) is 41.1 Å². The van der Waals surface area contributed by atoms with E-state index in [0.717, 1.165) is 28.6 Å². The number of hydrogen-bond acceptors (Lipinski definition) is 2. The molecule has 1 aliphatic heterocycles. The fourth-order valence-electron chi connectivity index (χ4n) is 1.70. The van der Waals surface area contributed by atoms with E-state index in [1.165, 1.54) is 0 Å². The number of halogens is 2. The zero-order valence-electron chi connectivity index (χ0n) is 8.70. The van der Waals surface area contributed by atoms with Crippen molar-refractivity contribution in [2.24, 2.45) is 0 Å². The molecule has 1 aromatic carbocycles. The monoisotopic (exact) mass is 352 g/mol. The molecular formula is C11H14ClIN2O. The van der Waals surface area contributed by atoms with Crippen LogP contribution in [0.2, 0.25) is 0 Å². The van der Waals surface area contributed by atoms with Gasteiger partial charge in [0, 0.05) is 9.26 Å². The zero-order valence-corrected chi connectivity index (χ0v) is 11.7. The summed E-state index contributed by atoms with van der Waals surface area (Å²) in [4.78, 5) is 11.7. The molecule has 0 saturated carbocycles. The molecule has 88 valence electrons. The molecule has 2 N–H and O–H groups in total. The third-order valence-electron chi connectivity index (χ3n) is 2.47. The van der Waals surface area contributed by atoms with Crippen molar-refractivity contribution in [1.82, 2.24) is 5.32 Å². The summed E-state index contributed by atoms with van der Waals surface area (Å²) in [5.41, 5.74) is 0.876. The van der Waals surface area contributed by atoms with Gasteiger partial charge in [0.05, 0.1) is 6.04 Å². The van der Waals surface area contributed by atoms with Gasteiger partial charge < -0.3 is 10.6 Å². The molecule has 1 heterocycles. The SMILES string of the molecule is Cl.O=C(Nc1cccc(I)c1)[C@@H]1CCCN1. The summed E-state index contributed by atoms with van der Waals surface area (Å²) in [7, 11) is 0. The number of carbonyl (C=O) groups is 1. The lowest BCUT2D eigenvalue weighted by Gasteiger charge is -2.10. The Morgan fingerprint density at radius 2 is 2.31 bits per heavy atom. The third kappa shape index (κ3) is 3.61. The van der Waals surface area contributed by atoms with E-state index >= 15 is 0 Å². The first kappa shape index (κ1) is 13.7. The summed E-state index contributed by atoms with van der Waals surface area (Å²) in [6.07, 6.45) is 2.03. The van der Waals surface area contributed by atoms with Gasteiger partial charge >= 0.3 is 0 Å². The molecule has 5 heteroatoms. The first-order chi connectivity index (χ1) is 7.25. The van der Waals surface area contributed by atoms with Crippen LogP contribution in [0.1, 0.15) is 12.8 Å². The fourth-order valence-corrected chi connectivity index (χ4v) is 2.25. The maximum atomic E-state index is 11.7. The minimum Gasteiger partial charge on any atom is -0.325 e. The van der Waals surface area contributed by atoms with Crippen molar-refractivity contribution in [3.05, 3.63) is 27.8 Å². The Kier molecular flexibility index (Phi) is 5.51. The second-order valence-electron chi connectivity index (χ2n) is 3.65. The van der Waals surface area contributed by atoms with E-state index in [0.29, 0.717) is 0 Å². The molecule has 0 bridgehead atoms. The maximum absolute atomic E-state index is 11.7. The predicted octanol–water partition coefficient (Wildman–Crippen LogP) is 2.40. The van der Waals surface area contributed by atoms with Crippen molar-refractivity contribution in [2.45, 2.75) is 18.9 Å². The number of anilines is 1. The molecule has 1 saturated heterocycles. The van der Waals surface area contributed by atoms with Crippen molar-refractivity contribution in [3.8, 4) is 0 Å². The van der Waals surface area contributed by atoms with E-state index in [1.54, 1.807) is 0 Å². The van der Waals surface area contributed by atoms with Crippen LogP contribution in [0, 0.1) is 3.57 Å². The van der Waals surface area contributed by atoms with Crippen LogP contribution in [0.4, 0.5) is 5.69 Å². The number of amides is 1. The normalized spacial score (nSPS) is 18.9. The highest BCUT2D eigenvalue weighted by Gasteiger charge is 2.21. The highest BCUT2D eigenvalue weighted by Crippen LogP contribution is 2.14. The molecule has 0 unspecified atom stereocenters. The lowest BCUT2D eigenvalue weighted by atomic mass is 10.2. The van der Waals surface area contributed by atoms with Crippen molar-refractivity contribution < 1.29 is 4.79 Å². The summed E-state index contributed by atoms with van der Waals surface area (Å²) in [6, 6.07) is 7.81. The highest BCUT2D eigenvalue weighted by molar-refractivity contribution is 14.1. The minimum atomic E-state index is -0.0112. The average molecular weight is 353 g/mol. The van der Waals surface area contributed by atoms with Crippen LogP contribution in [-0.4, -0.2) is 18.5 Å². The van der Waals surface area contributed by atoms with Crippen molar-refractivity contribution in [2.75, 3.05) is 11.9 Å². The molecule has 16 heavy (non-hydrogen) atoms. The summed E-state index contributed by atoms with van der Waals surface area (Å²) in [5.74, 6) is 0.0782. The Labute approximate surface area is 115 Å². The molecule has 3 nitrogen and oxygen atoms in total. The number of carbonyl (C=O) groups excluding carboxylic acids is 1. The quantitative estimate of drug-likeness (QED) is 0.803. The predicted molar refractivity (Wildman–Crippen MR) is 76.1 cm³/mol. The molecule has 1 aromatic rings. The van der Waals surface area contributed by atoms with E-state index < -0.39 is 0 Å². The maximum Gasteiger partial charge on any atom is 0.241 e. The molecule has 1 fully saturated rings. The number of rotatable bonds is 2. The molecule has 0 spiro atoms. The molecule has 1 amide bonds. The largest absolute Gasteiger partial charge is 0.325 e. The van der Waals surface area contributed by atoms with Crippen molar-refractivity contribution in [3.63, 3.8) is 0 Å². The van der Waals surface area contributed by atoms with Crippen LogP contribution in [0.15, 0.2) is 24.3 Å². The Bertz CT molecular complexity index is 367. The van der Waals surface area contributed by atoms with Crippen LogP contribution in [0.5, 0.6) is 0 Å². The second-order valence-corrected chi connectivity index (χ2v) is 4.89. The van der Waals surface area contributed by atoms with Gasteiger partial charge in [0.15, 0.2) is 0 Å². The molecular weight excluding hydrogens is 338 g/mol. The van der Waals surface area contributed by atoms with Gasteiger partial charge in [-0.15, -0.1) is 12.4 Å². The van der Waals surface area contributed by atoms with Crippen LogP contribution in [0.25, 0.3) is 0 Å². The van der Waals surface area contributed by atoms with E-state index in [-0.39, 0.29) is 24.4 Å². The standard InChI is InChI=1S/C11H13IN2O.ClH/c12-8-3-1-4-9(7-8)14-11(15)10-5-2-6-13-10;/h1,3-4,7,10,13H,2,5-6H2,(H,14,15);1H/t10-;/m0./s1. The lowest BCUT2D eigenvalue weighted by Crippen LogP contribution is -2.35. The molecule has 2 rings (SSSR count). The zero-order chi connectivity index (χ0) is 10.7. The summed E-state index contributed by atoms with van der Waals surface area (Å²) in [5, 5.41) is 6.10. The van der Waals surface area contributed by atoms with E-state index in [4.69, 9.17) is 0 Å². The summed E-state index contributed by atoms with van der Waals surface area (Å²) in [6.45, 7) is 0.949. The molecule has 0 radical (unpaired) electrons.